The topological polar surface area (TPSA) is 93.5 Å². The number of aryl methyl sites for hydroxylation is 1. The Kier molecular flexibility index (Phi) is 6.35. The molecule has 8 nitrogen and oxygen atoms in total. The number of aromatic nitrogens is 2. The summed E-state index contributed by atoms with van der Waals surface area (Å²) in [5.41, 5.74) is 0.840. The van der Waals surface area contributed by atoms with Crippen LogP contribution in [0.2, 0.25) is 0 Å². The van der Waals surface area contributed by atoms with E-state index >= 15 is 0 Å². The predicted octanol–water partition coefficient (Wildman–Crippen LogP) is 2.10. The summed E-state index contributed by atoms with van der Waals surface area (Å²) in [5, 5.41) is 2.90. The van der Waals surface area contributed by atoms with Gasteiger partial charge in [0.25, 0.3) is 5.91 Å². The second kappa shape index (κ2) is 9.19. The van der Waals surface area contributed by atoms with Crippen LogP contribution >= 0.6 is 0 Å². The average molecular weight is 459 g/mol. The Balaban J connectivity index is 1.62. The quantitative estimate of drug-likeness (QED) is 0.611. The fourth-order valence-electron chi connectivity index (χ4n) is 3.56. The van der Waals surface area contributed by atoms with Crippen molar-refractivity contribution in [1.82, 2.24) is 19.2 Å². The van der Waals surface area contributed by atoms with Crippen molar-refractivity contribution in [2.24, 2.45) is 7.05 Å². The zero-order chi connectivity index (χ0) is 22.7. The third kappa shape index (κ3) is 4.57. The van der Waals surface area contributed by atoms with Crippen LogP contribution in [0.5, 0.6) is 0 Å². The minimum Gasteiger partial charge on any atom is -0.379 e. The van der Waals surface area contributed by atoms with E-state index < -0.39 is 22.0 Å². The number of carbonyl (C=O) groups is 1. The van der Waals surface area contributed by atoms with E-state index in [-0.39, 0.29) is 29.4 Å². The van der Waals surface area contributed by atoms with E-state index in [1.165, 1.54) is 34.6 Å². The molecule has 0 radical (unpaired) electrons. The molecule has 1 saturated heterocycles. The molecule has 1 atom stereocenters. The lowest BCUT2D eigenvalue weighted by atomic mass is 10.1. The zero-order valence-corrected chi connectivity index (χ0v) is 18.3. The third-order valence-corrected chi connectivity index (χ3v) is 7.19. The largest absolute Gasteiger partial charge is 0.379 e. The van der Waals surface area contributed by atoms with E-state index in [9.17, 15) is 17.6 Å². The van der Waals surface area contributed by atoms with Gasteiger partial charge in [-0.05, 0) is 35.9 Å². The first-order valence-electron chi connectivity index (χ1n) is 10.1. The number of hydrogen-bond donors (Lipinski definition) is 1. The van der Waals surface area contributed by atoms with Crippen LogP contribution < -0.4 is 5.32 Å². The Morgan fingerprint density at radius 3 is 2.53 bits per heavy atom. The highest BCUT2D eigenvalue weighted by Crippen LogP contribution is 2.23. The Labute approximate surface area is 185 Å². The minimum atomic E-state index is -3.74. The summed E-state index contributed by atoms with van der Waals surface area (Å²) in [6.07, 6.45) is 3.35. The summed E-state index contributed by atoms with van der Waals surface area (Å²) in [6, 6.07) is 11.0. The fourth-order valence-corrected chi connectivity index (χ4v) is 5.01. The van der Waals surface area contributed by atoms with Gasteiger partial charge >= 0.3 is 0 Å². The number of imidazole rings is 1. The number of ether oxygens (including phenoxy) is 1. The van der Waals surface area contributed by atoms with Gasteiger partial charge in [0.05, 0.1) is 18.1 Å². The summed E-state index contributed by atoms with van der Waals surface area (Å²) in [7, 11) is -1.95. The first-order valence-corrected chi connectivity index (χ1v) is 11.5. The average Bonchev–Trinajstić information content (AvgIpc) is 3.24. The molecule has 2 heterocycles. The van der Waals surface area contributed by atoms with Crippen molar-refractivity contribution in [1.29, 1.82) is 0 Å². The fraction of sp³-hybridized carbons (Fsp3) is 0.273. The number of hydrogen-bond acceptors (Lipinski definition) is 5. The Morgan fingerprint density at radius 2 is 1.88 bits per heavy atom. The second-order valence-corrected chi connectivity index (χ2v) is 9.34. The lowest BCUT2D eigenvalue weighted by Gasteiger charge is -2.26. The summed E-state index contributed by atoms with van der Waals surface area (Å²) in [6.45, 7) is 1.21. The van der Waals surface area contributed by atoms with E-state index in [0.29, 0.717) is 24.6 Å². The molecular formula is C22H23FN4O4S. The van der Waals surface area contributed by atoms with Crippen LogP contribution in [0.15, 0.2) is 65.8 Å². The highest BCUT2D eigenvalue weighted by molar-refractivity contribution is 7.89. The SMILES string of the molecule is Cn1ccnc1C(NC(=O)c1cccc(S(=O)(=O)N2CCOCC2)c1)c1ccc(F)cc1. The van der Waals surface area contributed by atoms with Crippen LogP contribution in [0.3, 0.4) is 0 Å². The molecule has 0 spiro atoms. The number of carbonyl (C=O) groups excluding carboxylic acids is 1. The molecule has 4 rings (SSSR count). The molecule has 1 aliphatic rings. The summed E-state index contributed by atoms with van der Waals surface area (Å²) in [5.74, 6) is -0.303. The molecular weight excluding hydrogens is 435 g/mol. The van der Waals surface area contributed by atoms with Crippen LogP contribution in [0.4, 0.5) is 4.39 Å². The van der Waals surface area contributed by atoms with Crippen molar-refractivity contribution in [3.8, 4) is 0 Å². The molecule has 1 aliphatic heterocycles. The molecule has 1 amide bonds. The first kappa shape index (κ1) is 22.1. The molecule has 1 N–H and O–H groups in total. The van der Waals surface area contributed by atoms with E-state index in [1.807, 2.05) is 0 Å². The van der Waals surface area contributed by atoms with Crippen LogP contribution in [0.1, 0.15) is 27.8 Å². The number of nitrogens with one attached hydrogen (secondary N) is 1. The molecule has 1 unspecified atom stereocenters. The van der Waals surface area contributed by atoms with Crippen molar-refractivity contribution < 1.29 is 22.3 Å². The second-order valence-electron chi connectivity index (χ2n) is 7.40. The van der Waals surface area contributed by atoms with E-state index in [0.717, 1.165) is 0 Å². The van der Waals surface area contributed by atoms with Crippen LogP contribution in [-0.2, 0) is 21.8 Å². The van der Waals surface area contributed by atoms with Crippen molar-refractivity contribution in [3.05, 3.63) is 83.7 Å². The molecule has 1 fully saturated rings. The molecule has 2 aromatic carbocycles. The number of rotatable bonds is 6. The molecule has 0 bridgehead atoms. The van der Waals surface area contributed by atoms with Gasteiger partial charge in [-0.25, -0.2) is 17.8 Å². The smallest absolute Gasteiger partial charge is 0.252 e. The number of benzene rings is 2. The standard InChI is InChI=1S/C22H23FN4O4S/c1-26-10-9-24-21(26)20(16-5-7-18(23)8-6-16)25-22(28)17-3-2-4-19(15-17)32(29,30)27-11-13-31-14-12-27/h2-10,15,20H,11-14H2,1H3,(H,25,28). The molecule has 10 heteroatoms. The van der Waals surface area contributed by atoms with Gasteiger partial charge in [0, 0.05) is 38.1 Å². The van der Waals surface area contributed by atoms with Crippen molar-refractivity contribution in [2.75, 3.05) is 26.3 Å². The third-order valence-electron chi connectivity index (χ3n) is 5.30. The van der Waals surface area contributed by atoms with Crippen LogP contribution in [-0.4, -0.2) is 54.5 Å². The predicted molar refractivity (Wildman–Crippen MR) is 115 cm³/mol. The maximum Gasteiger partial charge on any atom is 0.252 e. The summed E-state index contributed by atoms with van der Waals surface area (Å²) in [4.78, 5) is 17.5. The highest BCUT2D eigenvalue weighted by Gasteiger charge is 2.27. The molecule has 1 aromatic heterocycles. The molecule has 0 saturated carbocycles. The van der Waals surface area contributed by atoms with Gasteiger partial charge in [-0.1, -0.05) is 18.2 Å². The van der Waals surface area contributed by atoms with Gasteiger partial charge in [0.2, 0.25) is 10.0 Å². The molecule has 3 aromatic rings. The van der Waals surface area contributed by atoms with Gasteiger partial charge < -0.3 is 14.6 Å². The van der Waals surface area contributed by atoms with Crippen molar-refractivity contribution >= 4 is 15.9 Å². The van der Waals surface area contributed by atoms with Gasteiger partial charge in [0.1, 0.15) is 17.7 Å². The summed E-state index contributed by atoms with van der Waals surface area (Å²) >= 11 is 0. The van der Waals surface area contributed by atoms with E-state index in [2.05, 4.69) is 10.3 Å². The van der Waals surface area contributed by atoms with E-state index in [4.69, 9.17) is 4.74 Å². The number of halogens is 1. The van der Waals surface area contributed by atoms with Crippen molar-refractivity contribution in [3.63, 3.8) is 0 Å². The van der Waals surface area contributed by atoms with Gasteiger partial charge in [-0.15, -0.1) is 0 Å². The van der Waals surface area contributed by atoms with Crippen LogP contribution in [0.25, 0.3) is 0 Å². The first-order chi connectivity index (χ1) is 15.4. The molecule has 168 valence electrons. The zero-order valence-electron chi connectivity index (χ0n) is 17.4. The molecule has 0 aliphatic carbocycles. The Hall–Kier alpha value is -3.08. The number of nitrogens with zero attached hydrogens (tertiary/aromatic N) is 3. The maximum atomic E-state index is 13.4. The Bertz CT molecular complexity index is 1200. The number of sulfonamides is 1. The monoisotopic (exact) mass is 458 g/mol. The van der Waals surface area contributed by atoms with Gasteiger partial charge in [-0.2, -0.15) is 4.31 Å². The number of morpholine rings is 1. The maximum absolute atomic E-state index is 13.4. The summed E-state index contributed by atoms with van der Waals surface area (Å²) < 4.78 is 47.7. The lowest BCUT2D eigenvalue weighted by Crippen LogP contribution is -2.40. The Morgan fingerprint density at radius 1 is 1.16 bits per heavy atom. The lowest BCUT2D eigenvalue weighted by molar-refractivity contribution is 0.0730. The number of amides is 1. The van der Waals surface area contributed by atoms with E-state index in [1.54, 1.807) is 42.2 Å². The minimum absolute atomic E-state index is 0.0439. The van der Waals surface area contributed by atoms with Gasteiger partial charge in [0.15, 0.2) is 0 Å². The van der Waals surface area contributed by atoms with Gasteiger partial charge in [-0.3, -0.25) is 4.79 Å². The normalized spacial score (nSPS) is 15.9. The molecule has 32 heavy (non-hydrogen) atoms. The highest BCUT2D eigenvalue weighted by atomic mass is 32.2. The van der Waals surface area contributed by atoms with Crippen molar-refractivity contribution in [2.45, 2.75) is 10.9 Å². The van der Waals surface area contributed by atoms with Crippen LogP contribution in [0, 0.1) is 5.82 Å².